The predicted octanol–water partition coefficient (Wildman–Crippen LogP) is 3.87. The number of anilines is 2. The standard InChI is InChI=1S/C24H30N4O3/c1-24(2,3)12-21(29)27-13-16-11-17(15-27)20-10-9-19(22(30)28(20)14-16)26-23(31)25-18-7-5-4-6-8-18/h4-10,16-17H,11-15H2,1-3H3,(H2,25,26,31). The monoisotopic (exact) mass is 422 g/mol. The number of hydrogen-bond donors (Lipinski definition) is 2. The summed E-state index contributed by atoms with van der Waals surface area (Å²) in [5.74, 6) is 0.589. The van der Waals surface area contributed by atoms with Crippen LogP contribution in [-0.2, 0) is 11.3 Å². The molecule has 7 nitrogen and oxygen atoms in total. The Morgan fingerprint density at radius 3 is 2.45 bits per heavy atom. The second kappa shape index (κ2) is 8.21. The lowest BCUT2D eigenvalue weighted by atomic mass is 9.82. The van der Waals surface area contributed by atoms with Gasteiger partial charge in [-0.15, -0.1) is 0 Å². The van der Waals surface area contributed by atoms with Gasteiger partial charge in [-0.3, -0.25) is 9.59 Å². The number of fused-ring (bicyclic) bond motifs is 4. The van der Waals surface area contributed by atoms with E-state index in [2.05, 4.69) is 31.4 Å². The molecule has 2 aliphatic heterocycles. The number of likely N-dealkylation sites (tertiary alicyclic amines) is 1. The fourth-order valence-corrected chi connectivity index (χ4v) is 4.62. The molecule has 1 fully saturated rings. The van der Waals surface area contributed by atoms with Crippen molar-refractivity contribution in [2.45, 2.75) is 46.1 Å². The van der Waals surface area contributed by atoms with E-state index in [1.54, 1.807) is 22.8 Å². The molecule has 0 radical (unpaired) electrons. The van der Waals surface area contributed by atoms with Crippen LogP contribution in [0.15, 0.2) is 47.3 Å². The summed E-state index contributed by atoms with van der Waals surface area (Å²) in [4.78, 5) is 40.1. The van der Waals surface area contributed by atoms with Crippen molar-refractivity contribution in [1.29, 1.82) is 0 Å². The van der Waals surface area contributed by atoms with Gasteiger partial charge in [-0.25, -0.2) is 4.79 Å². The Kier molecular flexibility index (Phi) is 5.60. The Morgan fingerprint density at radius 1 is 1.00 bits per heavy atom. The zero-order valence-electron chi connectivity index (χ0n) is 18.4. The van der Waals surface area contributed by atoms with Crippen LogP contribution in [0, 0.1) is 11.3 Å². The number of amides is 3. The molecular weight excluding hydrogens is 392 g/mol. The lowest BCUT2D eigenvalue weighted by molar-refractivity contribution is -0.135. The number of urea groups is 1. The van der Waals surface area contributed by atoms with Crippen LogP contribution in [0.2, 0.25) is 0 Å². The molecule has 2 unspecified atom stereocenters. The predicted molar refractivity (Wildman–Crippen MR) is 121 cm³/mol. The first-order valence-electron chi connectivity index (χ1n) is 10.8. The maximum atomic E-state index is 13.1. The topological polar surface area (TPSA) is 83.4 Å². The zero-order valence-corrected chi connectivity index (χ0v) is 18.4. The van der Waals surface area contributed by atoms with E-state index >= 15 is 0 Å². The van der Waals surface area contributed by atoms with E-state index in [4.69, 9.17) is 0 Å². The van der Waals surface area contributed by atoms with Gasteiger partial charge in [0.2, 0.25) is 5.91 Å². The number of aromatic nitrogens is 1. The van der Waals surface area contributed by atoms with Gasteiger partial charge in [-0.1, -0.05) is 39.0 Å². The van der Waals surface area contributed by atoms with Crippen LogP contribution in [0.25, 0.3) is 0 Å². The van der Waals surface area contributed by atoms with Crippen LogP contribution in [0.1, 0.15) is 45.2 Å². The molecule has 164 valence electrons. The molecule has 0 spiro atoms. The minimum absolute atomic E-state index is 0.0423. The molecule has 7 heteroatoms. The van der Waals surface area contributed by atoms with Crippen molar-refractivity contribution in [3.05, 3.63) is 58.5 Å². The third kappa shape index (κ3) is 4.81. The fraction of sp³-hybridized carbons (Fsp3) is 0.458. The van der Waals surface area contributed by atoms with E-state index in [1.807, 2.05) is 29.2 Å². The Balaban J connectivity index is 1.49. The number of nitrogens with one attached hydrogen (secondary N) is 2. The van der Waals surface area contributed by atoms with E-state index in [1.165, 1.54) is 0 Å². The lowest BCUT2D eigenvalue weighted by Gasteiger charge is -2.43. The summed E-state index contributed by atoms with van der Waals surface area (Å²) in [6, 6.07) is 12.2. The third-order valence-electron chi connectivity index (χ3n) is 5.92. The SMILES string of the molecule is CC(C)(C)CC(=O)N1CC2CC(C1)c1ccc(NC(=O)Nc3ccccc3)c(=O)n1C2. The smallest absolute Gasteiger partial charge is 0.323 e. The van der Waals surface area contributed by atoms with Crippen molar-refractivity contribution >= 4 is 23.3 Å². The molecule has 0 aliphatic carbocycles. The molecule has 4 rings (SSSR count). The summed E-state index contributed by atoms with van der Waals surface area (Å²) in [5.41, 5.74) is 1.64. The van der Waals surface area contributed by atoms with Gasteiger partial charge >= 0.3 is 6.03 Å². The molecule has 31 heavy (non-hydrogen) atoms. The number of benzene rings is 1. The number of pyridine rings is 1. The van der Waals surface area contributed by atoms with Crippen LogP contribution in [0.5, 0.6) is 0 Å². The molecule has 2 atom stereocenters. The van der Waals surface area contributed by atoms with Gasteiger partial charge in [0.05, 0.1) is 0 Å². The van der Waals surface area contributed by atoms with Gasteiger partial charge in [0.1, 0.15) is 5.69 Å². The number of hydrogen-bond acceptors (Lipinski definition) is 3. The van der Waals surface area contributed by atoms with Crippen LogP contribution < -0.4 is 16.2 Å². The summed E-state index contributed by atoms with van der Waals surface area (Å²) < 4.78 is 1.78. The normalized spacial score (nSPS) is 20.0. The second-order valence-electron chi connectivity index (χ2n) is 9.87. The van der Waals surface area contributed by atoms with Crippen LogP contribution >= 0.6 is 0 Å². The molecule has 2 aromatic rings. The summed E-state index contributed by atoms with van der Waals surface area (Å²) in [6.45, 7) is 8.13. The summed E-state index contributed by atoms with van der Waals surface area (Å²) in [5, 5.41) is 5.41. The first kappa shape index (κ1) is 21.2. The molecule has 3 amide bonds. The van der Waals surface area contributed by atoms with Gasteiger partial charge in [0.15, 0.2) is 0 Å². The van der Waals surface area contributed by atoms with Gasteiger partial charge < -0.3 is 20.1 Å². The maximum absolute atomic E-state index is 13.1. The molecule has 0 saturated carbocycles. The largest absolute Gasteiger partial charge is 0.342 e. The van der Waals surface area contributed by atoms with E-state index in [-0.39, 0.29) is 34.4 Å². The third-order valence-corrected chi connectivity index (χ3v) is 5.92. The average molecular weight is 423 g/mol. The highest BCUT2D eigenvalue weighted by Crippen LogP contribution is 2.36. The zero-order chi connectivity index (χ0) is 22.2. The molecule has 2 aliphatic rings. The molecule has 3 heterocycles. The van der Waals surface area contributed by atoms with Crippen molar-refractivity contribution in [3.63, 3.8) is 0 Å². The Bertz CT molecular complexity index is 1040. The lowest BCUT2D eigenvalue weighted by Crippen LogP contribution is -2.49. The first-order chi connectivity index (χ1) is 14.7. The van der Waals surface area contributed by atoms with E-state index in [0.717, 1.165) is 12.1 Å². The molecule has 2 bridgehead atoms. The highest BCUT2D eigenvalue weighted by atomic mass is 16.2. The Labute approximate surface area is 182 Å². The van der Waals surface area contributed by atoms with Crippen molar-refractivity contribution in [2.24, 2.45) is 11.3 Å². The van der Waals surface area contributed by atoms with Crippen LogP contribution in [0.4, 0.5) is 16.2 Å². The average Bonchev–Trinajstić information content (AvgIpc) is 2.70. The fourth-order valence-electron chi connectivity index (χ4n) is 4.62. The van der Waals surface area contributed by atoms with Crippen molar-refractivity contribution < 1.29 is 9.59 Å². The van der Waals surface area contributed by atoms with Gasteiger partial charge in [0, 0.05) is 43.4 Å². The Hall–Kier alpha value is -3.09. The molecule has 2 N–H and O–H groups in total. The van der Waals surface area contributed by atoms with Gasteiger partial charge in [-0.2, -0.15) is 0 Å². The van der Waals surface area contributed by atoms with E-state index in [0.29, 0.717) is 31.7 Å². The summed E-state index contributed by atoms with van der Waals surface area (Å²) in [6.07, 6.45) is 1.51. The van der Waals surface area contributed by atoms with Crippen molar-refractivity contribution in [2.75, 3.05) is 23.7 Å². The highest BCUT2D eigenvalue weighted by Gasteiger charge is 2.37. The number of carbonyl (C=O) groups is 2. The number of carbonyl (C=O) groups excluding carboxylic acids is 2. The van der Waals surface area contributed by atoms with E-state index in [9.17, 15) is 14.4 Å². The molecule has 1 saturated heterocycles. The van der Waals surface area contributed by atoms with Crippen molar-refractivity contribution in [3.8, 4) is 0 Å². The summed E-state index contributed by atoms with van der Waals surface area (Å²) in [7, 11) is 0. The van der Waals surface area contributed by atoms with Crippen LogP contribution in [0.3, 0.4) is 0 Å². The minimum Gasteiger partial charge on any atom is -0.342 e. The first-order valence-corrected chi connectivity index (χ1v) is 10.8. The van der Waals surface area contributed by atoms with E-state index < -0.39 is 6.03 Å². The Morgan fingerprint density at radius 2 is 1.74 bits per heavy atom. The highest BCUT2D eigenvalue weighted by molar-refractivity contribution is 5.99. The van der Waals surface area contributed by atoms with Crippen molar-refractivity contribution in [1.82, 2.24) is 9.47 Å². The van der Waals surface area contributed by atoms with Gasteiger partial charge in [0.25, 0.3) is 5.56 Å². The number of rotatable bonds is 3. The maximum Gasteiger partial charge on any atom is 0.323 e. The molecule has 1 aromatic heterocycles. The minimum atomic E-state index is -0.446. The van der Waals surface area contributed by atoms with Crippen LogP contribution in [-0.4, -0.2) is 34.5 Å². The quantitative estimate of drug-likeness (QED) is 0.788. The molecule has 1 aromatic carbocycles. The number of piperidine rings is 1. The molecular formula is C24H30N4O3. The summed E-state index contributed by atoms with van der Waals surface area (Å²) >= 11 is 0. The number of nitrogens with zero attached hydrogens (tertiary/aromatic N) is 2. The second-order valence-corrected chi connectivity index (χ2v) is 9.87. The van der Waals surface area contributed by atoms with Gasteiger partial charge in [-0.05, 0) is 42.0 Å². The number of para-hydroxylation sites is 1.